The monoisotopic (exact) mass is 473 g/mol. The number of para-hydroxylation sites is 1. The molecule has 2 amide bonds. The Bertz CT molecular complexity index is 1040. The molecule has 0 unspecified atom stereocenters. The van der Waals surface area contributed by atoms with Crippen molar-refractivity contribution in [1.82, 2.24) is 10.2 Å². The Balaban J connectivity index is 2.15. The van der Waals surface area contributed by atoms with Crippen LogP contribution in [0.5, 0.6) is 0 Å². The highest BCUT2D eigenvalue weighted by Gasteiger charge is 2.27. The summed E-state index contributed by atoms with van der Waals surface area (Å²) in [7, 11) is -3.49. The van der Waals surface area contributed by atoms with Gasteiger partial charge >= 0.3 is 0 Å². The molecule has 0 heterocycles. The Morgan fingerprint density at radius 1 is 1.00 bits per heavy atom. The maximum absolute atomic E-state index is 13.2. The minimum Gasteiger partial charge on any atom is -0.352 e. The molecule has 0 aliphatic carbocycles. The van der Waals surface area contributed by atoms with Crippen molar-refractivity contribution in [2.45, 2.75) is 59.2 Å². The first-order chi connectivity index (χ1) is 15.5. The van der Waals surface area contributed by atoms with E-state index in [0.717, 1.165) is 17.4 Å². The van der Waals surface area contributed by atoms with E-state index in [9.17, 15) is 18.0 Å². The fourth-order valence-corrected chi connectivity index (χ4v) is 4.56. The van der Waals surface area contributed by atoms with Crippen LogP contribution in [0, 0.1) is 6.92 Å². The first-order valence-electron chi connectivity index (χ1n) is 11.2. The normalized spacial score (nSPS) is 12.3. The topological polar surface area (TPSA) is 86.8 Å². The summed E-state index contributed by atoms with van der Waals surface area (Å²) in [5.41, 5.74) is 2.58. The van der Waals surface area contributed by atoms with Gasteiger partial charge in [0.05, 0.1) is 11.9 Å². The summed E-state index contributed by atoms with van der Waals surface area (Å²) in [6.45, 7) is 7.94. The Labute approximate surface area is 197 Å². The van der Waals surface area contributed by atoms with Crippen LogP contribution in [0.1, 0.15) is 44.7 Å². The Kier molecular flexibility index (Phi) is 9.46. The molecule has 0 bridgehead atoms. The van der Waals surface area contributed by atoms with Crippen LogP contribution < -0.4 is 9.62 Å². The standard InChI is InChI=1S/C25H35N3O4S/c1-19(2)26-25(30)21(4)27(18-22-12-9-11-20(3)17-22)24(29)15-10-16-28(33(5,31)32)23-13-7-6-8-14-23/h6-9,11-14,17,19,21H,10,15-16,18H2,1-5H3,(H,26,30)/t21-/m1/s1. The Morgan fingerprint density at radius 2 is 1.67 bits per heavy atom. The molecule has 0 aliphatic rings. The van der Waals surface area contributed by atoms with E-state index >= 15 is 0 Å². The van der Waals surface area contributed by atoms with E-state index in [1.807, 2.05) is 51.1 Å². The van der Waals surface area contributed by atoms with E-state index in [-0.39, 0.29) is 30.8 Å². The molecule has 7 nitrogen and oxygen atoms in total. The number of anilines is 1. The van der Waals surface area contributed by atoms with Gasteiger partial charge in [-0.15, -0.1) is 0 Å². The maximum Gasteiger partial charge on any atom is 0.242 e. The number of nitrogens with one attached hydrogen (secondary N) is 1. The number of carbonyl (C=O) groups is 2. The van der Waals surface area contributed by atoms with Gasteiger partial charge < -0.3 is 10.2 Å². The largest absolute Gasteiger partial charge is 0.352 e. The van der Waals surface area contributed by atoms with Gasteiger partial charge in [0.15, 0.2) is 0 Å². The van der Waals surface area contributed by atoms with Crippen LogP contribution in [0.4, 0.5) is 5.69 Å². The van der Waals surface area contributed by atoms with Crippen LogP contribution in [0.25, 0.3) is 0 Å². The second-order valence-corrected chi connectivity index (χ2v) is 10.5. The molecule has 8 heteroatoms. The fraction of sp³-hybridized carbons (Fsp3) is 0.440. The first-order valence-corrected chi connectivity index (χ1v) is 13.0. The van der Waals surface area contributed by atoms with Crippen molar-refractivity contribution in [1.29, 1.82) is 0 Å². The molecule has 0 radical (unpaired) electrons. The molecule has 1 N–H and O–H groups in total. The van der Waals surface area contributed by atoms with E-state index < -0.39 is 16.1 Å². The van der Waals surface area contributed by atoms with E-state index in [1.165, 1.54) is 4.31 Å². The molecule has 0 aliphatic heterocycles. The van der Waals surface area contributed by atoms with Gasteiger partial charge in [0.2, 0.25) is 21.8 Å². The fourth-order valence-electron chi connectivity index (χ4n) is 3.59. The Morgan fingerprint density at radius 3 is 2.24 bits per heavy atom. The van der Waals surface area contributed by atoms with Gasteiger partial charge in [-0.2, -0.15) is 0 Å². The molecule has 0 aromatic heterocycles. The van der Waals surface area contributed by atoms with E-state index in [2.05, 4.69) is 5.32 Å². The van der Waals surface area contributed by atoms with Crippen molar-refractivity contribution in [3.8, 4) is 0 Å². The number of amides is 2. The molecule has 0 saturated heterocycles. The van der Waals surface area contributed by atoms with E-state index in [4.69, 9.17) is 0 Å². The highest BCUT2D eigenvalue weighted by atomic mass is 32.2. The van der Waals surface area contributed by atoms with Gasteiger partial charge in [0.1, 0.15) is 6.04 Å². The van der Waals surface area contributed by atoms with Crippen molar-refractivity contribution < 1.29 is 18.0 Å². The maximum atomic E-state index is 13.2. The zero-order valence-electron chi connectivity index (χ0n) is 20.1. The summed E-state index contributed by atoms with van der Waals surface area (Å²) in [5, 5.41) is 2.87. The average molecular weight is 474 g/mol. The molecule has 2 aromatic carbocycles. The van der Waals surface area contributed by atoms with Crippen molar-refractivity contribution in [3.05, 3.63) is 65.7 Å². The van der Waals surface area contributed by atoms with Crippen LogP contribution in [-0.4, -0.2) is 50.0 Å². The molecule has 33 heavy (non-hydrogen) atoms. The summed E-state index contributed by atoms with van der Waals surface area (Å²) in [5.74, 6) is -0.405. The molecule has 2 aromatic rings. The van der Waals surface area contributed by atoms with Crippen LogP contribution in [0.3, 0.4) is 0 Å². The number of hydrogen-bond donors (Lipinski definition) is 1. The highest BCUT2D eigenvalue weighted by Crippen LogP contribution is 2.19. The minimum absolute atomic E-state index is 0.0370. The summed E-state index contributed by atoms with van der Waals surface area (Å²) < 4.78 is 25.9. The van der Waals surface area contributed by atoms with Gasteiger partial charge in [-0.3, -0.25) is 13.9 Å². The smallest absolute Gasteiger partial charge is 0.242 e. The van der Waals surface area contributed by atoms with Crippen LogP contribution in [0.2, 0.25) is 0 Å². The Hall–Kier alpha value is -2.87. The lowest BCUT2D eigenvalue weighted by Gasteiger charge is -2.30. The molecular weight excluding hydrogens is 438 g/mol. The number of aryl methyl sites for hydroxylation is 1. The van der Waals surface area contributed by atoms with Crippen LogP contribution in [0.15, 0.2) is 54.6 Å². The molecule has 0 fully saturated rings. The summed E-state index contributed by atoms with van der Waals surface area (Å²) >= 11 is 0. The second-order valence-electron chi connectivity index (χ2n) is 8.62. The number of carbonyl (C=O) groups excluding carboxylic acids is 2. The van der Waals surface area contributed by atoms with Gasteiger partial charge in [0, 0.05) is 25.6 Å². The van der Waals surface area contributed by atoms with Crippen molar-refractivity contribution >= 4 is 27.5 Å². The molecular formula is C25H35N3O4S. The predicted molar refractivity (Wildman–Crippen MR) is 132 cm³/mol. The second kappa shape index (κ2) is 11.8. The summed E-state index contributed by atoms with van der Waals surface area (Å²) in [4.78, 5) is 27.4. The summed E-state index contributed by atoms with van der Waals surface area (Å²) in [6, 6.07) is 16.0. The van der Waals surface area contributed by atoms with Crippen LogP contribution in [-0.2, 0) is 26.2 Å². The number of hydrogen-bond acceptors (Lipinski definition) is 4. The van der Waals surface area contributed by atoms with Gasteiger partial charge in [-0.25, -0.2) is 8.42 Å². The molecule has 1 atom stereocenters. The zero-order chi connectivity index (χ0) is 24.6. The number of benzene rings is 2. The minimum atomic E-state index is -3.49. The van der Waals surface area contributed by atoms with Crippen LogP contribution >= 0.6 is 0 Å². The number of sulfonamides is 1. The number of nitrogens with zero attached hydrogens (tertiary/aromatic N) is 2. The molecule has 0 saturated carbocycles. The first kappa shape index (κ1) is 26.4. The van der Waals surface area contributed by atoms with Crippen molar-refractivity contribution in [2.75, 3.05) is 17.1 Å². The third kappa shape index (κ3) is 8.20. The quantitative estimate of drug-likeness (QED) is 0.541. The summed E-state index contributed by atoms with van der Waals surface area (Å²) in [6.07, 6.45) is 1.62. The molecule has 2 rings (SSSR count). The zero-order valence-corrected chi connectivity index (χ0v) is 20.9. The van der Waals surface area contributed by atoms with Gasteiger partial charge in [0.25, 0.3) is 0 Å². The van der Waals surface area contributed by atoms with E-state index in [1.54, 1.807) is 36.1 Å². The number of rotatable bonds is 11. The van der Waals surface area contributed by atoms with Gasteiger partial charge in [-0.05, 0) is 51.8 Å². The average Bonchev–Trinajstić information content (AvgIpc) is 2.73. The van der Waals surface area contributed by atoms with Gasteiger partial charge in [-0.1, -0.05) is 48.0 Å². The van der Waals surface area contributed by atoms with E-state index in [0.29, 0.717) is 18.7 Å². The molecule has 180 valence electrons. The third-order valence-corrected chi connectivity index (χ3v) is 6.42. The lowest BCUT2D eigenvalue weighted by atomic mass is 10.1. The predicted octanol–water partition coefficient (Wildman–Crippen LogP) is 3.48. The SMILES string of the molecule is Cc1cccc(CN(C(=O)CCCN(c2ccccc2)S(C)(=O)=O)[C@H](C)C(=O)NC(C)C)c1. The lowest BCUT2D eigenvalue weighted by Crippen LogP contribution is -2.49. The third-order valence-electron chi connectivity index (χ3n) is 5.23. The van der Waals surface area contributed by atoms with Crippen molar-refractivity contribution in [2.24, 2.45) is 0 Å². The highest BCUT2D eigenvalue weighted by molar-refractivity contribution is 7.92. The molecule has 0 spiro atoms. The van der Waals surface area contributed by atoms with Crippen molar-refractivity contribution in [3.63, 3.8) is 0 Å². The lowest BCUT2D eigenvalue weighted by molar-refractivity contribution is -0.140.